The molecule has 136 valence electrons. The Morgan fingerprint density at radius 1 is 1.12 bits per heavy atom. The van der Waals surface area contributed by atoms with Crippen LogP contribution >= 0.6 is 11.3 Å². The number of ether oxygens (including phenoxy) is 1. The van der Waals surface area contributed by atoms with Crippen LogP contribution in [0.3, 0.4) is 0 Å². The van der Waals surface area contributed by atoms with E-state index in [4.69, 9.17) is 4.74 Å². The minimum absolute atomic E-state index is 0.198. The summed E-state index contributed by atoms with van der Waals surface area (Å²) < 4.78 is 7.02. The standard InChI is InChI=1S/C21H24N2O2S/c24-19(16-11-13-22-14-12-16)10-7-15-5-8-17(9-6-15)25-21-23-18-3-1-2-4-20(18)26-21/h1-6,8-9,16,19,22,24H,7,10-14H2. The molecular weight excluding hydrogens is 344 g/mol. The van der Waals surface area contributed by atoms with Gasteiger partial charge in [-0.15, -0.1) is 0 Å². The molecule has 0 bridgehead atoms. The SMILES string of the molecule is OC(CCc1ccc(Oc2nc3ccccc3s2)cc1)C1CCNCC1. The Balaban J connectivity index is 1.32. The average molecular weight is 369 g/mol. The summed E-state index contributed by atoms with van der Waals surface area (Å²) in [5, 5.41) is 14.4. The molecule has 1 unspecified atom stereocenters. The summed E-state index contributed by atoms with van der Waals surface area (Å²) >= 11 is 1.55. The monoisotopic (exact) mass is 368 g/mol. The van der Waals surface area contributed by atoms with Gasteiger partial charge in [0.05, 0.1) is 16.3 Å². The van der Waals surface area contributed by atoms with Crippen LogP contribution in [0.15, 0.2) is 48.5 Å². The third-order valence-electron chi connectivity index (χ3n) is 5.06. The Kier molecular flexibility index (Phi) is 5.48. The lowest BCUT2D eigenvalue weighted by atomic mass is 9.89. The van der Waals surface area contributed by atoms with E-state index in [2.05, 4.69) is 28.5 Å². The smallest absolute Gasteiger partial charge is 0.279 e. The number of hydrogen-bond acceptors (Lipinski definition) is 5. The van der Waals surface area contributed by atoms with Crippen molar-refractivity contribution in [3.05, 3.63) is 54.1 Å². The lowest BCUT2D eigenvalue weighted by molar-refractivity contribution is 0.0813. The van der Waals surface area contributed by atoms with Crippen molar-refractivity contribution in [2.24, 2.45) is 5.92 Å². The minimum atomic E-state index is -0.198. The second kappa shape index (κ2) is 8.16. The maximum Gasteiger partial charge on any atom is 0.279 e. The maximum absolute atomic E-state index is 10.4. The van der Waals surface area contributed by atoms with Gasteiger partial charge in [-0.3, -0.25) is 0 Å². The summed E-state index contributed by atoms with van der Waals surface area (Å²) in [4.78, 5) is 4.50. The van der Waals surface area contributed by atoms with Crippen LogP contribution < -0.4 is 10.1 Å². The number of benzene rings is 2. The normalized spacial score (nSPS) is 16.7. The number of piperidine rings is 1. The number of aliphatic hydroxyl groups is 1. The van der Waals surface area contributed by atoms with E-state index in [0.717, 1.165) is 54.7 Å². The van der Waals surface area contributed by atoms with Crippen molar-refractivity contribution in [1.82, 2.24) is 10.3 Å². The first-order valence-electron chi connectivity index (χ1n) is 9.29. The van der Waals surface area contributed by atoms with Gasteiger partial charge in [0.2, 0.25) is 0 Å². The molecule has 0 spiro atoms. The molecule has 0 aliphatic carbocycles. The molecule has 1 fully saturated rings. The quantitative estimate of drug-likeness (QED) is 0.678. The highest BCUT2D eigenvalue weighted by molar-refractivity contribution is 7.20. The number of aromatic nitrogens is 1. The van der Waals surface area contributed by atoms with Crippen LogP contribution in [0.2, 0.25) is 0 Å². The van der Waals surface area contributed by atoms with Crippen molar-refractivity contribution in [2.75, 3.05) is 13.1 Å². The first kappa shape index (κ1) is 17.5. The Bertz CT molecular complexity index is 808. The van der Waals surface area contributed by atoms with Crippen LogP contribution in [0.25, 0.3) is 10.2 Å². The van der Waals surface area contributed by atoms with Gasteiger partial charge in [-0.25, -0.2) is 4.98 Å². The number of aryl methyl sites for hydroxylation is 1. The molecule has 0 amide bonds. The van der Waals surface area contributed by atoms with Gasteiger partial charge in [-0.1, -0.05) is 35.6 Å². The van der Waals surface area contributed by atoms with Crippen molar-refractivity contribution in [3.63, 3.8) is 0 Å². The molecule has 1 aliphatic rings. The highest BCUT2D eigenvalue weighted by Gasteiger charge is 2.21. The topological polar surface area (TPSA) is 54.4 Å². The fraction of sp³-hybridized carbons (Fsp3) is 0.381. The Morgan fingerprint density at radius 2 is 1.88 bits per heavy atom. The molecule has 26 heavy (non-hydrogen) atoms. The number of fused-ring (bicyclic) bond motifs is 1. The van der Waals surface area contributed by atoms with Crippen LogP contribution in [0, 0.1) is 5.92 Å². The van der Waals surface area contributed by atoms with E-state index in [9.17, 15) is 5.11 Å². The zero-order valence-corrected chi connectivity index (χ0v) is 15.5. The molecule has 0 radical (unpaired) electrons. The number of thiazole rings is 1. The van der Waals surface area contributed by atoms with E-state index in [1.54, 1.807) is 11.3 Å². The molecular formula is C21H24N2O2S. The number of nitrogens with zero attached hydrogens (tertiary/aromatic N) is 1. The molecule has 1 atom stereocenters. The van der Waals surface area contributed by atoms with Crippen LogP contribution in [0.1, 0.15) is 24.8 Å². The van der Waals surface area contributed by atoms with E-state index >= 15 is 0 Å². The van der Waals surface area contributed by atoms with Crippen LogP contribution in [0.4, 0.5) is 0 Å². The minimum Gasteiger partial charge on any atom is -0.431 e. The molecule has 3 aromatic rings. The second-order valence-electron chi connectivity index (χ2n) is 6.89. The average Bonchev–Trinajstić information content (AvgIpc) is 3.10. The lowest BCUT2D eigenvalue weighted by Gasteiger charge is -2.27. The van der Waals surface area contributed by atoms with Crippen molar-refractivity contribution in [2.45, 2.75) is 31.8 Å². The molecule has 1 aliphatic heterocycles. The van der Waals surface area contributed by atoms with E-state index in [0.29, 0.717) is 11.1 Å². The lowest BCUT2D eigenvalue weighted by Crippen LogP contribution is -2.34. The number of rotatable bonds is 6. The molecule has 0 saturated carbocycles. The van der Waals surface area contributed by atoms with Crippen molar-refractivity contribution < 1.29 is 9.84 Å². The van der Waals surface area contributed by atoms with Crippen LogP contribution in [-0.4, -0.2) is 29.3 Å². The van der Waals surface area contributed by atoms with Gasteiger partial charge in [0.1, 0.15) is 5.75 Å². The molecule has 4 rings (SSSR count). The molecule has 2 heterocycles. The first-order valence-corrected chi connectivity index (χ1v) is 10.1. The number of nitrogens with one attached hydrogen (secondary N) is 1. The predicted octanol–water partition coefficient (Wildman–Crippen LogP) is 4.38. The highest BCUT2D eigenvalue weighted by atomic mass is 32.1. The fourth-order valence-corrected chi connectivity index (χ4v) is 4.33. The Hall–Kier alpha value is -1.95. The summed E-state index contributed by atoms with van der Waals surface area (Å²) in [5.74, 6) is 1.24. The van der Waals surface area contributed by atoms with Gasteiger partial charge in [0.15, 0.2) is 0 Å². The van der Waals surface area contributed by atoms with Gasteiger partial charge < -0.3 is 15.2 Å². The third-order valence-corrected chi connectivity index (χ3v) is 5.97. The van der Waals surface area contributed by atoms with Crippen LogP contribution in [-0.2, 0) is 6.42 Å². The highest BCUT2D eigenvalue weighted by Crippen LogP contribution is 2.31. The molecule has 4 nitrogen and oxygen atoms in total. The molecule has 1 aromatic heterocycles. The number of aliphatic hydroxyl groups excluding tert-OH is 1. The molecule has 5 heteroatoms. The number of hydrogen-bond donors (Lipinski definition) is 2. The van der Waals surface area contributed by atoms with E-state index < -0.39 is 0 Å². The summed E-state index contributed by atoms with van der Waals surface area (Å²) in [7, 11) is 0. The van der Waals surface area contributed by atoms with Gasteiger partial charge >= 0.3 is 0 Å². The number of para-hydroxylation sites is 1. The zero-order valence-electron chi connectivity index (χ0n) is 14.7. The van der Waals surface area contributed by atoms with Crippen LogP contribution in [0.5, 0.6) is 10.9 Å². The molecule has 2 aromatic carbocycles. The first-order chi connectivity index (χ1) is 12.8. The summed E-state index contributed by atoms with van der Waals surface area (Å²) in [6.07, 6.45) is 3.68. The van der Waals surface area contributed by atoms with Gasteiger partial charge in [0, 0.05) is 0 Å². The summed E-state index contributed by atoms with van der Waals surface area (Å²) in [5.41, 5.74) is 2.20. The van der Waals surface area contributed by atoms with E-state index in [1.165, 1.54) is 5.56 Å². The second-order valence-corrected chi connectivity index (χ2v) is 7.88. The van der Waals surface area contributed by atoms with Crippen molar-refractivity contribution in [1.29, 1.82) is 0 Å². The fourth-order valence-electron chi connectivity index (χ4n) is 3.50. The van der Waals surface area contributed by atoms with Gasteiger partial charge in [0.25, 0.3) is 5.19 Å². The Labute approximate surface area is 157 Å². The largest absolute Gasteiger partial charge is 0.431 e. The van der Waals surface area contributed by atoms with E-state index in [1.807, 2.05) is 30.3 Å². The van der Waals surface area contributed by atoms with Crippen molar-refractivity contribution in [3.8, 4) is 10.9 Å². The Morgan fingerprint density at radius 3 is 2.65 bits per heavy atom. The maximum atomic E-state index is 10.4. The summed E-state index contributed by atoms with van der Waals surface area (Å²) in [6.45, 7) is 2.05. The van der Waals surface area contributed by atoms with Gasteiger partial charge in [-0.05, 0) is 74.5 Å². The summed E-state index contributed by atoms with van der Waals surface area (Å²) in [6, 6.07) is 16.2. The molecule has 1 saturated heterocycles. The predicted molar refractivity (Wildman–Crippen MR) is 106 cm³/mol. The molecule has 2 N–H and O–H groups in total. The van der Waals surface area contributed by atoms with Gasteiger partial charge in [-0.2, -0.15) is 0 Å². The third kappa shape index (κ3) is 4.23. The zero-order chi connectivity index (χ0) is 17.8. The van der Waals surface area contributed by atoms with Crippen molar-refractivity contribution >= 4 is 21.6 Å². The van der Waals surface area contributed by atoms with E-state index in [-0.39, 0.29) is 6.10 Å².